The molecule has 0 saturated carbocycles. The van der Waals surface area contributed by atoms with Crippen LogP contribution in [0.2, 0.25) is 0 Å². The maximum atomic E-state index is 5.78. The first-order valence-corrected chi connectivity index (χ1v) is 10.4. The van der Waals surface area contributed by atoms with Crippen molar-refractivity contribution in [1.29, 1.82) is 0 Å². The molecule has 2 N–H and O–H groups in total. The number of rotatable bonds is 10. The van der Waals surface area contributed by atoms with E-state index in [4.69, 9.17) is 9.47 Å². The summed E-state index contributed by atoms with van der Waals surface area (Å²) < 4.78 is 11.0. The Morgan fingerprint density at radius 2 is 1.77 bits per heavy atom. The van der Waals surface area contributed by atoms with Crippen molar-refractivity contribution in [2.24, 2.45) is 4.99 Å². The topological polar surface area (TPSA) is 71.0 Å². The molecule has 0 radical (unpaired) electrons. The van der Waals surface area contributed by atoms with Crippen molar-refractivity contribution in [3.05, 3.63) is 48.2 Å². The molecule has 1 aromatic heterocycles. The van der Waals surface area contributed by atoms with Crippen LogP contribution >= 0.6 is 24.0 Å². The van der Waals surface area contributed by atoms with Gasteiger partial charge in [-0.25, -0.2) is 4.98 Å². The molecule has 31 heavy (non-hydrogen) atoms. The fraction of sp³-hybridized carbons (Fsp3) is 0.478. The molecule has 0 unspecified atom stereocenters. The third kappa shape index (κ3) is 9.30. The number of nitrogens with zero attached hydrogens (tertiary/aromatic N) is 3. The molecule has 0 atom stereocenters. The lowest BCUT2D eigenvalue weighted by molar-refractivity contribution is 0.178. The van der Waals surface area contributed by atoms with Crippen LogP contribution < -0.4 is 20.1 Å². The molecular formula is C23H36IN5O2. The number of guanidine groups is 1. The highest BCUT2D eigenvalue weighted by Gasteiger charge is 2.12. The van der Waals surface area contributed by atoms with Crippen LogP contribution in [-0.2, 0) is 6.54 Å². The molecule has 0 fully saturated rings. The third-order valence-corrected chi connectivity index (χ3v) is 4.73. The van der Waals surface area contributed by atoms with E-state index >= 15 is 0 Å². The molecule has 0 spiro atoms. The monoisotopic (exact) mass is 541 g/mol. The molecule has 7 nitrogen and oxygen atoms in total. The number of methoxy groups -OCH3 is 1. The van der Waals surface area contributed by atoms with E-state index in [-0.39, 0.29) is 24.0 Å². The Hall–Kier alpha value is -2.07. The SMILES string of the molecule is CN=C(NCCN(C(C)C)C(C)C)NCc1ccc(Oc2cccc(OC)c2)nc1.I. The summed E-state index contributed by atoms with van der Waals surface area (Å²) in [5.41, 5.74) is 1.04. The smallest absolute Gasteiger partial charge is 0.219 e. The van der Waals surface area contributed by atoms with E-state index in [0.717, 1.165) is 30.4 Å². The van der Waals surface area contributed by atoms with Crippen LogP contribution in [0.25, 0.3) is 0 Å². The fourth-order valence-electron chi connectivity index (χ4n) is 3.18. The first-order chi connectivity index (χ1) is 14.4. The number of nitrogens with one attached hydrogen (secondary N) is 2. The first-order valence-electron chi connectivity index (χ1n) is 10.4. The van der Waals surface area contributed by atoms with Crippen LogP contribution in [0.4, 0.5) is 0 Å². The van der Waals surface area contributed by atoms with E-state index in [1.165, 1.54) is 0 Å². The van der Waals surface area contributed by atoms with Gasteiger partial charge in [0.15, 0.2) is 5.96 Å². The largest absolute Gasteiger partial charge is 0.497 e. The maximum Gasteiger partial charge on any atom is 0.219 e. The van der Waals surface area contributed by atoms with Gasteiger partial charge in [-0.1, -0.05) is 12.1 Å². The van der Waals surface area contributed by atoms with Gasteiger partial charge in [0.05, 0.1) is 7.11 Å². The zero-order chi connectivity index (χ0) is 21.9. The molecule has 1 heterocycles. The van der Waals surface area contributed by atoms with Crippen LogP contribution in [-0.4, -0.2) is 55.2 Å². The highest BCUT2D eigenvalue weighted by Crippen LogP contribution is 2.23. The highest BCUT2D eigenvalue weighted by atomic mass is 127. The molecular weight excluding hydrogens is 505 g/mol. The highest BCUT2D eigenvalue weighted by molar-refractivity contribution is 14.0. The van der Waals surface area contributed by atoms with Crippen molar-refractivity contribution < 1.29 is 9.47 Å². The summed E-state index contributed by atoms with van der Waals surface area (Å²) in [5, 5.41) is 6.70. The van der Waals surface area contributed by atoms with Gasteiger partial charge in [0, 0.05) is 57.1 Å². The Morgan fingerprint density at radius 3 is 2.35 bits per heavy atom. The predicted molar refractivity (Wildman–Crippen MR) is 138 cm³/mol. The quantitative estimate of drug-likeness (QED) is 0.266. The van der Waals surface area contributed by atoms with Gasteiger partial charge in [-0.3, -0.25) is 9.89 Å². The van der Waals surface area contributed by atoms with Crippen LogP contribution in [0.3, 0.4) is 0 Å². The second kappa shape index (κ2) is 14.1. The molecule has 172 valence electrons. The Bertz CT molecular complexity index is 789. The summed E-state index contributed by atoms with van der Waals surface area (Å²) in [6.07, 6.45) is 1.80. The summed E-state index contributed by atoms with van der Waals surface area (Å²) in [5.74, 6) is 2.75. The van der Waals surface area contributed by atoms with Gasteiger partial charge >= 0.3 is 0 Å². The van der Waals surface area contributed by atoms with Crippen LogP contribution in [0.5, 0.6) is 17.4 Å². The molecule has 0 amide bonds. The molecule has 2 rings (SSSR count). The van der Waals surface area contributed by atoms with Gasteiger partial charge in [0.25, 0.3) is 0 Å². The minimum Gasteiger partial charge on any atom is -0.497 e. The number of ether oxygens (including phenoxy) is 2. The minimum atomic E-state index is 0. The van der Waals surface area contributed by atoms with Gasteiger partial charge in [-0.05, 0) is 45.4 Å². The van der Waals surface area contributed by atoms with Crippen molar-refractivity contribution >= 4 is 29.9 Å². The molecule has 0 aliphatic carbocycles. The lowest BCUT2D eigenvalue weighted by atomic mass is 10.2. The van der Waals surface area contributed by atoms with Crippen molar-refractivity contribution in [2.45, 2.75) is 46.3 Å². The summed E-state index contributed by atoms with van der Waals surface area (Å²) in [6.45, 7) is 11.3. The van der Waals surface area contributed by atoms with Crippen molar-refractivity contribution in [3.8, 4) is 17.4 Å². The molecule has 0 aliphatic rings. The molecule has 0 aliphatic heterocycles. The minimum absolute atomic E-state index is 0. The number of aromatic nitrogens is 1. The summed E-state index contributed by atoms with van der Waals surface area (Å²) >= 11 is 0. The van der Waals surface area contributed by atoms with E-state index in [0.29, 0.717) is 30.3 Å². The number of pyridine rings is 1. The van der Waals surface area contributed by atoms with Gasteiger partial charge in [0.1, 0.15) is 11.5 Å². The van der Waals surface area contributed by atoms with E-state index in [1.807, 2.05) is 36.4 Å². The molecule has 0 saturated heterocycles. The number of hydrogen-bond donors (Lipinski definition) is 2. The number of benzene rings is 1. The van der Waals surface area contributed by atoms with Crippen LogP contribution in [0.15, 0.2) is 47.6 Å². The summed E-state index contributed by atoms with van der Waals surface area (Å²) in [6, 6.07) is 12.3. The molecule has 1 aromatic carbocycles. The maximum absolute atomic E-state index is 5.78. The van der Waals surface area contributed by atoms with Gasteiger partial charge < -0.3 is 20.1 Å². The lowest BCUT2D eigenvalue weighted by Gasteiger charge is -2.30. The first kappa shape index (κ1) is 27.0. The standard InChI is InChI=1S/C23H35N5O2.HI/c1-17(2)28(18(3)4)13-12-25-23(24-5)27-16-19-10-11-22(26-15-19)30-21-9-7-8-20(14-21)29-6;/h7-11,14-15,17-18H,12-13,16H2,1-6H3,(H2,24,25,27);1H. The Balaban J connectivity index is 0.00000480. The van der Waals surface area contributed by atoms with E-state index < -0.39 is 0 Å². The summed E-state index contributed by atoms with van der Waals surface area (Å²) in [4.78, 5) is 11.1. The number of hydrogen-bond acceptors (Lipinski definition) is 5. The average molecular weight is 541 g/mol. The Labute approximate surface area is 203 Å². The lowest BCUT2D eigenvalue weighted by Crippen LogP contribution is -2.45. The van der Waals surface area contributed by atoms with Crippen molar-refractivity contribution in [3.63, 3.8) is 0 Å². The van der Waals surface area contributed by atoms with Gasteiger partial charge in [0.2, 0.25) is 5.88 Å². The van der Waals surface area contributed by atoms with Crippen molar-refractivity contribution in [1.82, 2.24) is 20.5 Å². The molecule has 0 bridgehead atoms. The average Bonchev–Trinajstić information content (AvgIpc) is 2.74. The van der Waals surface area contributed by atoms with Gasteiger partial charge in [-0.2, -0.15) is 0 Å². The Kier molecular flexibility index (Phi) is 12.2. The number of aliphatic imine (C=N–C) groups is 1. The second-order valence-corrected chi connectivity index (χ2v) is 7.56. The number of halogens is 1. The molecule has 2 aromatic rings. The molecule has 8 heteroatoms. The van der Waals surface area contributed by atoms with Crippen LogP contribution in [0.1, 0.15) is 33.3 Å². The third-order valence-electron chi connectivity index (χ3n) is 4.73. The zero-order valence-electron chi connectivity index (χ0n) is 19.4. The van der Waals surface area contributed by atoms with E-state index in [1.54, 1.807) is 20.4 Å². The Morgan fingerprint density at radius 1 is 1.06 bits per heavy atom. The zero-order valence-corrected chi connectivity index (χ0v) is 21.7. The van der Waals surface area contributed by atoms with Gasteiger partial charge in [-0.15, -0.1) is 24.0 Å². The van der Waals surface area contributed by atoms with Crippen molar-refractivity contribution in [2.75, 3.05) is 27.2 Å². The van der Waals surface area contributed by atoms with E-state index in [2.05, 4.69) is 53.2 Å². The fourth-order valence-corrected chi connectivity index (χ4v) is 3.18. The summed E-state index contributed by atoms with van der Waals surface area (Å²) in [7, 11) is 3.41. The predicted octanol–water partition coefficient (Wildman–Crippen LogP) is 4.28. The normalized spacial score (nSPS) is 11.5. The second-order valence-electron chi connectivity index (χ2n) is 7.56. The van der Waals surface area contributed by atoms with Crippen LogP contribution in [0, 0.1) is 0 Å². The van der Waals surface area contributed by atoms with E-state index in [9.17, 15) is 0 Å².